The third-order valence-corrected chi connectivity index (χ3v) is 8.61. The largest absolute Gasteiger partial charge is 0.405 e. The van der Waals surface area contributed by atoms with E-state index in [0.29, 0.717) is 12.8 Å². The molecule has 9 heteroatoms. The molecular weight excluding hydrogens is 613 g/mol. The Kier molecular flexibility index (Phi) is 14.6. The first-order valence-electron chi connectivity index (χ1n) is 16.8. The first-order valence-corrected chi connectivity index (χ1v) is 16.8. The summed E-state index contributed by atoms with van der Waals surface area (Å²) in [5, 5.41) is 5.16. The monoisotopic (exact) mass is 662 g/mol. The van der Waals surface area contributed by atoms with Gasteiger partial charge in [-0.3, -0.25) is 14.6 Å². The maximum atomic E-state index is 13.5. The molecule has 0 saturated carbocycles. The van der Waals surface area contributed by atoms with Crippen molar-refractivity contribution in [2.75, 3.05) is 26.2 Å². The lowest BCUT2D eigenvalue weighted by molar-refractivity contribution is -0.141. The summed E-state index contributed by atoms with van der Waals surface area (Å²) >= 11 is 0. The molecule has 0 unspecified atom stereocenters. The smallest absolute Gasteiger partial charge is 0.354 e. The van der Waals surface area contributed by atoms with Crippen LogP contribution in [0.3, 0.4) is 0 Å². The molecule has 2 aliphatic rings. The minimum Gasteiger partial charge on any atom is -0.354 e. The Labute approximate surface area is 283 Å². The molecule has 48 heavy (non-hydrogen) atoms. The maximum Gasteiger partial charge on any atom is 0.405 e. The highest BCUT2D eigenvalue weighted by atomic mass is 19.4. The van der Waals surface area contributed by atoms with Crippen LogP contribution >= 0.6 is 0 Å². The summed E-state index contributed by atoms with van der Waals surface area (Å²) in [5.74, 6) is -0.599. The normalized spacial score (nSPS) is 15.2. The molecule has 2 heterocycles. The van der Waals surface area contributed by atoms with Crippen LogP contribution in [0.15, 0.2) is 85.6 Å². The van der Waals surface area contributed by atoms with Gasteiger partial charge in [0.05, 0.1) is 5.69 Å². The first-order chi connectivity index (χ1) is 23.0. The third-order valence-electron chi connectivity index (χ3n) is 8.61. The number of carbonyl (C=O) groups excluding carboxylic acids is 2. The Balaban J connectivity index is 0.000000405. The van der Waals surface area contributed by atoms with Gasteiger partial charge in [-0.2, -0.15) is 13.2 Å². The number of nitrogens with zero attached hydrogens (tertiary/aromatic N) is 2. The van der Waals surface area contributed by atoms with Gasteiger partial charge >= 0.3 is 6.18 Å². The van der Waals surface area contributed by atoms with E-state index in [1.165, 1.54) is 12.5 Å². The van der Waals surface area contributed by atoms with Gasteiger partial charge in [0.1, 0.15) is 12.0 Å². The number of allylic oxidation sites excluding steroid dienone is 2. The van der Waals surface area contributed by atoms with Gasteiger partial charge in [-0.15, -0.1) is 0 Å². The quantitative estimate of drug-likeness (QED) is 0.170. The second-order valence-corrected chi connectivity index (χ2v) is 11.9. The summed E-state index contributed by atoms with van der Waals surface area (Å²) in [6.45, 7) is 12.5. The molecule has 2 N–H and O–H groups in total. The number of likely N-dealkylation sites (tertiary alicyclic amines) is 1. The molecule has 3 aromatic rings. The van der Waals surface area contributed by atoms with Crippen LogP contribution in [0.2, 0.25) is 0 Å². The summed E-state index contributed by atoms with van der Waals surface area (Å²) in [4.78, 5) is 31.3. The first kappa shape index (κ1) is 38.2. The third kappa shape index (κ3) is 10.1. The number of halogens is 3. The van der Waals surface area contributed by atoms with Crippen LogP contribution in [0.5, 0.6) is 0 Å². The molecule has 1 aliphatic carbocycles. The van der Waals surface area contributed by atoms with Gasteiger partial charge < -0.3 is 15.5 Å². The molecule has 1 aliphatic heterocycles. The second kappa shape index (κ2) is 18.3. The van der Waals surface area contributed by atoms with Gasteiger partial charge in [-0.1, -0.05) is 93.6 Å². The lowest BCUT2D eigenvalue weighted by Crippen LogP contribution is -2.47. The van der Waals surface area contributed by atoms with E-state index in [9.17, 15) is 22.8 Å². The SMILES string of the molecule is C=C/C=C\c1ncccc1C.CC.CC(=O)NC1CCN(CCCCC2(C(=O)NCC(F)(F)F)c3ccccc3-c3ccccc32)CC1. The Morgan fingerprint density at radius 1 is 0.979 bits per heavy atom. The molecule has 1 aromatic heterocycles. The summed E-state index contributed by atoms with van der Waals surface area (Å²) in [7, 11) is 0. The minimum atomic E-state index is -4.47. The highest BCUT2D eigenvalue weighted by Crippen LogP contribution is 2.51. The molecular formula is C39H49F3N4O2. The van der Waals surface area contributed by atoms with E-state index in [-0.39, 0.29) is 11.9 Å². The van der Waals surface area contributed by atoms with Crippen LogP contribution in [0.25, 0.3) is 17.2 Å². The number of carbonyl (C=O) groups is 2. The van der Waals surface area contributed by atoms with Crippen molar-refractivity contribution in [3.63, 3.8) is 0 Å². The Hall–Kier alpha value is -4.24. The molecule has 6 nitrogen and oxygen atoms in total. The number of unbranched alkanes of at least 4 members (excludes halogenated alkanes) is 1. The number of hydrogen-bond donors (Lipinski definition) is 2. The van der Waals surface area contributed by atoms with Crippen molar-refractivity contribution in [1.82, 2.24) is 20.5 Å². The van der Waals surface area contributed by atoms with Crippen molar-refractivity contribution in [2.45, 2.75) is 77.4 Å². The lowest BCUT2D eigenvalue weighted by atomic mass is 9.73. The van der Waals surface area contributed by atoms with Gasteiger partial charge in [-0.05, 0) is 79.1 Å². The Morgan fingerprint density at radius 2 is 1.58 bits per heavy atom. The standard InChI is InChI=1S/C27H32F3N3O2.C10H11N.C2H6/c1-19(34)32-20-12-16-33(17-13-20)15-7-6-14-26(25(35)31-18-27(28,29)30)23-10-4-2-8-21(23)22-9-3-5-11-24(22)26;1-3-4-7-10-9(2)6-5-8-11-10;1-2/h2-5,8-11,20H,6-7,12-18H2,1H3,(H,31,35)(H,32,34);3-8H,1H2,2H3;1-2H3/b;7-4-;. The highest BCUT2D eigenvalue weighted by molar-refractivity contribution is 6.00. The molecule has 0 bridgehead atoms. The van der Waals surface area contributed by atoms with Gasteiger partial charge in [0.15, 0.2) is 0 Å². The second-order valence-electron chi connectivity index (χ2n) is 11.9. The lowest BCUT2D eigenvalue weighted by Gasteiger charge is -2.33. The van der Waals surface area contributed by atoms with Gasteiger partial charge in [-0.25, -0.2) is 0 Å². The zero-order valence-electron chi connectivity index (χ0n) is 28.6. The molecule has 5 rings (SSSR count). The summed E-state index contributed by atoms with van der Waals surface area (Å²) < 4.78 is 39.0. The van der Waals surface area contributed by atoms with Crippen LogP contribution in [0, 0.1) is 6.92 Å². The van der Waals surface area contributed by atoms with E-state index in [1.54, 1.807) is 12.3 Å². The van der Waals surface area contributed by atoms with Crippen molar-refractivity contribution >= 4 is 17.9 Å². The van der Waals surface area contributed by atoms with Crippen LogP contribution in [-0.2, 0) is 15.0 Å². The van der Waals surface area contributed by atoms with Crippen LogP contribution in [0.4, 0.5) is 13.2 Å². The van der Waals surface area contributed by atoms with Gasteiger partial charge in [0.25, 0.3) is 0 Å². The maximum absolute atomic E-state index is 13.5. The number of fused-ring (bicyclic) bond motifs is 3. The van der Waals surface area contributed by atoms with Crippen LogP contribution in [0.1, 0.15) is 75.3 Å². The molecule has 0 radical (unpaired) electrons. The number of amides is 2. The summed E-state index contributed by atoms with van der Waals surface area (Å²) in [6, 6.07) is 19.3. The fourth-order valence-electron chi connectivity index (χ4n) is 6.43. The van der Waals surface area contributed by atoms with Crippen molar-refractivity contribution in [1.29, 1.82) is 0 Å². The Bertz CT molecular complexity index is 1480. The molecule has 0 atom stereocenters. The zero-order valence-corrected chi connectivity index (χ0v) is 28.6. The molecule has 1 saturated heterocycles. The summed E-state index contributed by atoms with van der Waals surface area (Å²) in [5.41, 5.74) is 4.42. The van der Waals surface area contributed by atoms with Crippen LogP contribution in [-0.4, -0.2) is 60.1 Å². The number of alkyl halides is 3. The van der Waals surface area contributed by atoms with E-state index in [2.05, 4.69) is 27.1 Å². The van der Waals surface area contributed by atoms with E-state index in [1.807, 2.05) is 93.6 Å². The topological polar surface area (TPSA) is 74.3 Å². The number of aromatic nitrogens is 1. The number of nitrogens with one attached hydrogen (secondary N) is 2. The van der Waals surface area contributed by atoms with Crippen molar-refractivity contribution in [3.8, 4) is 11.1 Å². The predicted octanol–water partition coefficient (Wildman–Crippen LogP) is 8.02. The van der Waals surface area contributed by atoms with Crippen LogP contribution < -0.4 is 10.6 Å². The number of aryl methyl sites for hydroxylation is 1. The molecule has 1 fully saturated rings. The zero-order chi connectivity index (χ0) is 35.2. The molecule has 2 aromatic carbocycles. The summed E-state index contributed by atoms with van der Waals surface area (Å²) in [6.07, 6.45) is 6.68. The number of piperidine rings is 1. The molecule has 0 spiro atoms. The van der Waals surface area contributed by atoms with Gasteiger partial charge in [0, 0.05) is 32.3 Å². The van der Waals surface area contributed by atoms with E-state index >= 15 is 0 Å². The number of rotatable bonds is 10. The Morgan fingerprint density at radius 3 is 2.12 bits per heavy atom. The van der Waals surface area contributed by atoms with E-state index in [0.717, 1.165) is 66.8 Å². The average molecular weight is 663 g/mol. The molecule has 2 amide bonds. The number of pyridine rings is 1. The fraction of sp³-hybridized carbons (Fsp3) is 0.410. The number of benzene rings is 2. The van der Waals surface area contributed by atoms with Crippen molar-refractivity contribution in [2.24, 2.45) is 0 Å². The fourth-order valence-corrected chi connectivity index (χ4v) is 6.43. The van der Waals surface area contributed by atoms with Gasteiger partial charge in [0.2, 0.25) is 11.8 Å². The van der Waals surface area contributed by atoms with E-state index in [4.69, 9.17) is 0 Å². The van der Waals surface area contributed by atoms with Crippen molar-refractivity contribution in [3.05, 3.63) is 108 Å². The van der Waals surface area contributed by atoms with Crippen molar-refractivity contribution < 1.29 is 22.8 Å². The highest BCUT2D eigenvalue weighted by Gasteiger charge is 2.49. The minimum absolute atomic E-state index is 0.00493. The predicted molar refractivity (Wildman–Crippen MR) is 188 cm³/mol. The molecule has 258 valence electrons. The number of hydrogen-bond acceptors (Lipinski definition) is 4. The van der Waals surface area contributed by atoms with E-state index < -0.39 is 24.0 Å². The average Bonchev–Trinajstić information content (AvgIpc) is 3.37.